The van der Waals surface area contributed by atoms with Crippen molar-refractivity contribution in [3.63, 3.8) is 0 Å². The minimum Gasteiger partial charge on any atom is -0.426 e. The second kappa shape index (κ2) is 7.88. The van der Waals surface area contributed by atoms with Crippen LogP contribution in [-0.4, -0.2) is 29.5 Å². The summed E-state index contributed by atoms with van der Waals surface area (Å²) in [5.41, 5.74) is 0.0961. The Bertz CT molecular complexity index is 550. The van der Waals surface area contributed by atoms with Gasteiger partial charge in [-0.25, -0.2) is 0 Å². The van der Waals surface area contributed by atoms with Crippen LogP contribution in [0.3, 0.4) is 0 Å². The van der Waals surface area contributed by atoms with E-state index in [1.54, 1.807) is 0 Å². The maximum absolute atomic E-state index is 12.9. The van der Waals surface area contributed by atoms with Crippen molar-refractivity contribution in [3.8, 4) is 5.75 Å². The highest BCUT2D eigenvalue weighted by Crippen LogP contribution is 2.46. The number of hydrogen-bond acceptors (Lipinski definition) is 3. The Morgan fingerprint density at radius 1 is 1.25 bits per heavy atom. The van der Waals surface area contributed by atoms with Gasteiger partial charge in [-0.1, -0.05) is 38.0 Å². The fourth-order valence-electron chi connectivity index (χ4n) is 4.59. The molecule has 1 heterocycles. The fourth-order valence-corrected chi connectivity index (χ4v) is 4.59. The summed E-state index contributed by atoms with van der Waals surface area (Å²) in [6, 6.07) is 10.0. The number of likely N-dealkylation sites (tertiary alicyclic amines) is 1. The molecule has 0 unspecified atom stereocenters. The third-order valence-corrected chi connectivity index (χ3v) is 6.33. The lowest BCUT2D eigenvalue weighted by atomic mass is 9.66. The average Bonchev–Trinajstić information content (AvgIpc) is 2.59. The first-order chi connectivity index (χ1) is 11.0. The van der Waals surface area contributed by atoms with Crippen molar-refractivity contribution in [2.45, 2.75) is 64.0 Å². The van der Waals surface area contributed by atoms with Crippen LogP contribution in [0.15, 0.2) is 30.3 Å². The molecule has 3 nitrogen and oxygen atoms in total. The highest BCUT2D eigenvalue weighted by atomic mass is 35.5. The molecule has 1 saturated carbocycles. The normalized spacial score (nSPS) is 33.2. The molecular formula is C20H30ClNO2. The Morgan fingerprint density at radius 2 is 1.92 bits per heavy atom. The molecule has 3 rings (SSSR count). The number of rotatable bonds is 3. The average molecular weight is 352 g/mol. The number of carbonyl (C=O) groups excluding carboxylic acids is 1. The van der Waals surface area contributed by atoms with Crippen molar-refractivity contribution in [1.29, 1.82) is 0 Å². The zero-order chi connectivity index (χ0) is 16.4. The molecule has 2 aliphatic rings. The Hall–Kier alpha value is -1.06. The van der Waals surface area contributed by atoms with Gasteiger partial charge in [0.15, 0.2) is 0 Å². The molecular weight excluding hydrogens is 322 g/mol. The molecule has 24 heavy (non-hydrogen) atoms. The molecule has 134 valence electrons. The van der Waals surface area contributed by atoms with Crippen LogP contribution in [0.2, 0.25) is 0 Å². The minimum absolute atomic E-state index is 0. The summed E-state index contributed by atoms with van der Waals surface area (Å²) in [6.45, 7) is 4.54. The van der Waals surface area contributed by atoms with Crippen LogP contribution < -0.4 is 4.74 Å². The zero-order valence-corrected chi connectivity index (χ0v) is 15.8. The maximum atomic E-state index is 12.9. The Labute approximate surface area is 152 Å². The Morgan fingerprint density at radius 3 is 2.58 bits per heavy atom. The molecule has 0 spiro atoms. The number of esters is 1. The van der Waals surface area contributed by atoms with Gasteiger partial charge in [-0.05, 0) is 57.7 Å². The van der Waals surface area contributed by atoms with Crippen LogP contribution in [0.1, 0.15) is 52.4 Å². The predicted molar refractivity (Wildman–Crippen MR) is 99.6 cm³/mol. The van der Waals surface area contributed by atoms with E-state index in [-0.39, 0.29) is 29.8 Å². The van der Waals surface area contributed by atoms with Crippen molar-refractivity contribution in [1.82, 2.24) is 4.90 Å². The lowest BCUT2D eigenvalue weighted by molar-refractivity contribution is -0.151. The Kier molecular flexibility index (Phi) is 6.33. The van der Waals surface area contributed by atoms with E-state index in [0.717, 1.165) is 19.3 Å². The van der Waals surface area contributed by atoms with Gasteiger partial charge < -0.3 is 4.74 Å². The molecule has 1 aromatic rings. The van der Waals surface area contributed by atoms with Crippen molar-refractivity contribution < 1.29 is 9.53 Å². The topological polar surface area (TPSA) is 29.5 Å². The van der Waals surface area contributed by atoms with E-state index < -0.39 is 0 Å². The lowest BCUT2D eigenvalue weighted by Crippen LogP contribution is -2.61. The molecule has 0 N–H and O–H groups in total. The summed E-state index contributed by atoms with van der Waals surface area (Å²) >= 11 is 0. The standard InChI is InChI=1S/C20H29NO2.ClH/c1-4-20(2)14-17(16-12-8-9-13-18(16)21(20)3)19(22)23-15-10-6-5-7-11-15;/h5-7,10-11,16-18H,4,8-9,12-14H2,1-3H3;1H/t16-,17-,18+,20-;/m0./s1. The maximum Gasteiger partial charge on any atom is 0.314 e. The van der Waals surface area contributed by atoms with E-state index in [0.29, 0.717) is 17.7 Å². The number of para-hydroxylation sites is 1. The summed E-state index contributed by atoms with van der Waals surface area (Å²) < 4.78 is 5.72. The number of benzene rings is 1. The van der Waals surface area contributed by atoms with E-state index in [4.69, 9.17) is 4.74 Å². The molecule has 0 amide bonds. The molecule has 2 fully saturated rings. The molecule has 0 bridgehead atoms. The third kappa shape index (κ3) is 3.62. The van der Waals surface area contributed by atoms with E-state index in [1.807, 2.05) is 30.3 Å². The van der Waals surface area contributed by atoms with Gasteiger partial charge >= 0.3 is 5.97 Å². The van der Waals surface area contributed by atoms with Crippen LogP contribution in [0.4, 0.5) is 0 Å². The minimum atomic E-state index is -0.0270. The van der Waals surface area contributed by atoms with Crippen LogP contribution in [0.5, 0.6) is 5.75 Å². The summed E-state index contributed by atoms with van der Waals surface area (Å²) in [4.78, 5) is 15.5. The van der Waals surface area contributed by atoms with E-state index in [2.05, 4.69) is 25.8 Å². The van der Waals surface area contributed by atoms with Crippen LogP contribution in [0, 0.1) is 11.8 Å². The van der Waals surface area contributed by atoms with Gasteiger partial charge in [-0.3, -0.25) is 9.69 Å². The first kappa shape index (κ1) is 19.3. The predicted octanol–water partition coefficient (Wildman–Crippen LogP) is 4.69. The first-order valence-electron chi connectivity index (χ1n) is 9.05. The number of nitrogens with zero attached hydrogens (tertiary/aromatic N) is 1. The number of piperidine rings is 1. The number of carbonyl (C=O) groups is 1. The third-order valence-electron chi connectivity index (χ3n) is 6.33. The molecule has 0 aromatic heterocycles. The molecule has 4 heteroatoms. The number of hydrogen-bond donors (Lipinski definition) is 0. The SMILES string of the molecule is CC[C@@]1(C)C[C@H](C(=O)Oc2ccccc2)[C@@H]2CCCC[C@H]2N1C.Cl. The van der Waals surface area contributed by atoms with E-state index in [9.17, 15) is 4.79 Å². The fraction of sp³-hybridized carbons (Fsp3) is 0.650. The van der Waals surface area contributed by atoms with Crippen LogP contribution in [0.25, 0.3) is 0 Å². The van der Waals surface area contributed by atoms with Gasteiger partial charge in [-0.15, -0.1) is 12.4 Å². The number of fused-ring (bicyclic) bond motifs is 1. The molecule has 0 radical (unpaired) electrons. The highest BCUT2D eigenvalue weighted by Gasteiger charge is 2.50. The lowest BCUT2D eigenvalue weighted by Gasteiger charge is -2.55. The quantitative estimate of drug-likeness (QED) is 0.584. The monoisotopic (exact) mass is 351 g/mol. The van der Waals surface area contributed by atoms with Crippen LogP contribution in [-0.2, 0) is 4.79 Å². The second-order valence-corrected chi connectivity index (χ2v) is 7.52. The summed E-state index contributed by atoms with van der Waals surface area (Å²) in [7, 11) is 2.26. The van der Waals surface area contributed by atoms with E-state index in [1.165, 1.54) is 19.3 Å². The first-order valence-corrected chi connectivity index (χ1v) is 9.05. The van der Waals surface area contributed by atoms with Crippen molar-refractivity contribution in [3.05, 3.63) is 30.3 Å². The highest BCUT2D eigenvalue weighted by molar-refractivity contribution is 5.85. The molecule has 1 aromatic carbocycles. The van der Waals surface area contributed by atoms with Crippen LogP contribution >= 0.6 is 12.4 Å². The van der Waals surface area contributed by atoms with Gasteiger partial charge in [-0.2, -0.15) is 0 Å². The van der Waals surface area contributed by atoms with Gasteiger partial charge in [0, 0.05) is 11.6 Å². The van der Waals surface area contributed by atoms with Gasteiger partial charge in [0.25, 0.3) is 0 Å². The van der Waals surface area contributed by atoms with Crippen molar-refractivity contribution in [2.75, 3.05) is 7.05 Å². The molecule has 1 aliphatic carbocycles. The summed E-state index contributed by atoms with van der Waals surface area (Å²) in [5, 5.41) is 0. The van der Waals surface area contributed by atoms with Gasteiger partial charge in [0.1, 0.15) is 5.75 Å². The number of ether oxygens (including phenoxy) is 1. The second-order valence-electron chi connectivity index (χ2n) is 7.52. The zero-order valence-electron chi connectivity index (χ0n) is 15.0. The van der Waals surface area contributed by atoms with Gasteiger partial charge in [0.05, 0.1) is 5.92 Å². The smallest absolute Gasteiger partial charge is 0.314 e. The Balaban J connectivity index is 0.00000208. The van der Waals surface area contributed by atoms with E-state index >= 15 is 0 Å². The van der Waals surface area contributed by atoms with Crippen molar-refractivity contribution >= 4 is 18.4 Å². The molecule has 4 atom stereocenters. The number of halogens is 1. The van der Waals surface area contributed by atoms with Crippen molar-refractivity contribution in [2.24, 2.45) is 11.8 Å². The molecule has 1 aliphatic heterocycles. The van der Waals surface area contributed by atoms with Gasteiger partial charge in [0.2, 0.25) is 0 Å². The largest absolute Gasteiger partial charge is 0.426 e. The molecule has 1 saturated heterocycles. The summed E-state index contributed by atoms with van der Waals surface area (Å²) in [6.07, 6.45) is 6.88. The summed E-state index contributed by atoms with van der Waals surface area (Å²) in [5.74, 6) is 1.12.